The van der Waals surface area contributed by atoms with Crippen molar-refractivity contribution in [1.82, 2.24) is 4.98 Å². The minimum Gasteiger partial charge on any atom is -0.468 e. The van der Waals surface area contributed by atoms with E-state index < -0.39 is 5.25 Å². The number of aromatic nitrogens is 1. The van der Waals surface area contributed by atoms with Gasteiger partial charge in [0.15, 0.2) is 0 Å². The third-order valence-electron chi connectivity index (χ3n) is 2.79. The fourth-order valence-electron chi connectivity index (χ4n) is 1.73. The molecule has 0 aliphatic heterocycles. The van der Waals surface area contributed by atoms with Crippen LogP contribution in [0.1, 0.15) is 10.8 Å². The number of para-hydroxylation sites is 1. The van der Waals surface area contributed by atoms with Gasteiger partial charge in [-0.05, 0) is 35.7 Å². The molecule has 1 unspecified atom stereocenters. The number of esters is 1. The van der Waals surface area contributed by atoms with Crippen molar-refractivity contribution in [2.45, 2.75) is 5.25 Å². The van der Waals surface area contributed by atoms with Gasteiger partial charge in [0.05, 0.1) is 7.11 Å². The molecule has 2 aromatic rings. The molecular formula is C15H16N2O2S. The van der Waals surface area contributed by atoms with E-state index in [0.29, 0.717) is 0 Å². The summed E-state index contributed by atoms with van der Waals surface area (Å²) >= 11 is 1.40. The lowest BCUT2D eigenvalue weighted by molar-refractivity contribution is -0.140. The van der Waals surface area contributed by atoms with Crippen molar-refractivity contribution in [3.05, 3.63) is 60.4 Å². The molecule has 0 bridgehead atoms. The molecule has 0 aliphatic carbocycles. The number of carbonyl (C=O) groups excluding carboxylic acids is 1. The van der Waals surface area contributed by atoms with Crippen molar-refractivity contribution in [2.75, 3.05) is 18.5 Å². The molecule has 20 heavy (non-hydrogen) atoms. The number of hydrogen-bond donors (Lipinski definition) is 0. The van der Waals surface area contributed by atoms with E-state index in [1.54, 1.807) is 12.4 Å². The van der Waals surface area contributed by atoms with Crippen LogP contribution in [0.15, 0.2) is 54.9 Å². The Morgan fingerprint density at radius 3 is 2.60 bits per heavy atom. The molecule has 2 rings (SSSR count). The third-order valence-corrected chi connectivity index (χ3v) is 3.99. The highest BCUT2D eigenvalue weighted by Gasteiger charge is 2.24. The summed E-state index contributed by atoms with van der Waals surface area (Å²) in [5.74, 6) is -0.286. The average molecular weight is 288 g/mol. The van der Waals surface area contributed by atoms with Crippen molar-refractivity contribution in [1.29, 1.82) is 0 Å². The first-order valence-electron chi connectivity index (χ1n) is 6.15. The van der Waals surface area contributed by atoms with Gasteiger partial charge in [0.25, 0.3) is 0 Å². The quantitative estimate of drug-likeness (QED) is 0.625. The van der Waals surface area contributed by atoms with Gasteiger partial charge in [0.1, 0.15) is 5.25 Å². The number of carbonyl (C=O) groups is 1. The van der Waals surface area contributed by atoms with E-state index in [-0.39, 0.29) is 5.97 Å². The summed E-state index contributed by atoms with van der Waals surface area (Å²) in [6.45, 7) is 0. The number of pyridine rings is 1. The number of hydrogen-bond acceptors (Lipinski definition) is 5. The number of ether oxygens (including phenoxy) is 1. The van der Waals surface area contributed by atoms with Crippen molar-refractivity contribution in [2.24, 2.45) is 0 Å². The Morgan fingerprint density at radius 2 is 2.00 bits per heavy atom. The fraction of sp³-hybridized carbons (Fsp3) is 0.200. The maximum Gasteiger partial charge on any atom is 0.325 e. The highest BCUT2D eigenvalue weighted by Crippen LogP contribution is 2.34. The van der Waals surface area contributed by atoms with E-state index in [0.717, 1.165) is 11.3 Å². The Morgan fingerprint density at radius 1 is 1.25 bits per heavy atom. The first-order valence-corrected chi connectivity index (χ1v) is 6.99. The van der Waals surface area contributed by atoms with Crippen LogP contribution in [-0.4, -0.2) is 25.1 Å². The van der Waals surface area contributed by atoms with E-state index in [1.165, 1.54) is 19.1 Å². The second-order valence-corrected chi connectivity index (χ2v) is 5.36. The molecule has 0 fully saturated rings. The monoisotopic (exact) mass is 288 g/mol. The highest BCUT2D eigenvalue weighted by molar-refractivity contribution is 8.01. The predicted octanol–water partition coefficient (Wildman–Crippen LogP) is 3.08. The van der Waals surface area contributed by atoms with Gasteiger partial charge in [-0.25, -0.2) is 0 Å². The summed E-state index contributed by atoms with van der Waals surface area (Å²) in [6, 6.07) is 13.6. The van der Waals surface area contributed by atoms with Gasteiger partial charge in [-0.1, -0.05) is 24.3 Å². The molecule has 1 heterocycles. The molecule has 0 spiro atoms. The minimum atomic E-state index is -0.432. The third kappa shape index (κ3) is 3.51. The topological polar surface area (TPSA) is 42.4 Å². The van der Waals surface area contributed by atoms with Crippen molar-refractivity contribution >= 4 is 23.6 Å². The Bertz CT molecular complexity index is 548. The average Bonchev–Trinajstić information content (AvgIpc) is 2.53. The second kappa shape index (κ2) is 6.96. The maximum absolute atomic E-state index is 12.0. The molecule has 1 atom stereocenters. The maximum atomic E-state index is 12.0. The SMILES string of the molecule is COC(=O)C(SN(C)c1ccccc1)c1cccnc1. The number of methoxy groups -OCH3 is 1. The van der Waals surface area contributed by atoms with Crippen LogP contribution < -0.4 is 4.31 Å². The zero-order valence-corrected chi connectivity index (χ0v) is 12.2. The van der Waals surface area contributed by atoms with Gasteiger partial charge in [-0.2, -0.15) is 0 Å². The molecule has 1 aromatic carbocycles. The molecule has 0 radical (unpaired) electrons. The smallest absolute Gasteiger partial charge is 0.325 e. The molecule has 0 N–H and O–H groups in total. The lowest BCUT2D eigenvalue weighted by Gasteiger charge is -2.23. The minimum absolute atomic E-state index is 0.286. The molecule has 0 saturated heterocycles. The van der Waals surface area contributed by atoms with Gasteiger partial charge in [-0.15, -0.1) is 0 Å². The summed E-state index contributed by atoms with van der Waals surface area (Å²) in [5.41, 5.74) is 1.85. The van der Waals surface area contributed by atoms with Gasteiger partial charge in [-0.3, -0.25) is 9.78 Å². The van der Waals surface area contributed by atoms with Crippen LogP contribution in [0.2, 0.25) is 0 Å². The molecule has 0 amide bonds. The molecule has 0 aliphatic rings. The first-order chi connectivity index (χ1) is 9.72. The van der Waals surface area contributed by atoms with E-state index in [9.17, 15) is 4.79 Å². The molecule has 5 heteroatoms. The summed E-state index contributed by atoms with van der Waals surface area (Å²) in [7, 11) is 3.32. The lowest BCUT2D eigenvalue weighted by atomic mass is 10.2. The normalized spacial score (nSPS) is 11.7. The van der Waals surface area contributed by atoms with E-state index >= 15 is 0 Å². The summed E-state index contributed by atoms with van der Waals surface area (Å²) in [4.78, 5) is 16.0. The van der Waals surface area contributed by atoms with E-state index in [4.69, 9.17) is 4.74 Å². The van der Waals surface area contributed by atoms with Crippen LogP contribution >= 0.6 is 11.9 Å². The van der Waals surface area contributed by atoms with Crippen LogP contribution in [-0.2, 0) is 9.53 Å². The fourth-order valence-corrected chi connectivity index (χ4v) is 2.74. The number of rotatable bonds is 5. The van der Waals surface area contributed by atoms with Gasteiger partial charge in [0, 0.05) is 25.1 Å². The summed E-state index contributed by atoms with van der Waals surface area (Å²) in [6.07, 6.45) is 3.37. The predicted molar refractivity (Wildman–Crippen MR) is 81.4 cm³/mol. The molecule has 0 saturated carbocycles. The van der Waals surface area contributed by atoms with Gasteiger partial charge >= 0.3 is 5.97 Å². The van der Waals surface area contributed by atoms with Crippen molar-refractivity contribution in [3.63, 3.8) is 0 Å². The van der Waals surface area contributed by atoms with Gasteiger partial charge < -0.3 is 9.04 Å². The number of anilines is 1. The van der Waals surface area contributed by atoms with Crippen LogP contribution in [0.5, 0.6) is 0 Å². The lowest BCUT2D eigenvalue weighted by Crippen LogP contribution is -2.18. The Balaban J connectivity index is 2.19. The first kappa shape index (κ1) is 14.4. The zero-order chi connectivity index (χ0) is 14.4. The molecule has 1 aromatic heterocycles. The Kier molecular flexibility index (Phi) is 5.01. The molecular weight excluding hydrogens is 272 g/mol. The largest absolute Gasteiger partial charge is 0.468 e. The van der Waals surface area contributed by atoms with Crippen LogP contribution in [0.25, 0.3) is 0 Å². The van der Waals surface area contributed by atoms with Crippen molar-refractivity contribution < 1.29 is 9.53 Å². The molecule has 4 nitrogen and oxygen atoms in total. The van der Waals surface area contributed by atoms with E-state index in [2.05, 4.69) is 4.98 Å². The van der Waals surface area contributed by atoms with Crippen LogP contribution in [0.3, 0.4) is 0 Å². The second-order valence-electron chi connectivity index (χ2n) is 4.13. The Labute approximate surface area is 122 Å². The summed E-state index contributed by atoms with van der Waals surface area (Å²) < 4.78 is 6.84. The standard InChI is InChI=1S/C15H16N2O2S/c1-17(13-8-4-3-5-9-13)20-14(15(18)19-2)12-7-6-10-16-11-12/h3-11,14H,1-2H3. The Hall–Kier alpha value is -2.01. The van der Waals surface area contributed by atoms with Crippen LogP contribution in [0, 0.1) is 0 Å². The summed E-state index contributed by atoms with van der Waals surface area (Å²) in [5, 5.41) is -0.432. The van der Waals surface area contributed by atoms with Gasteiger partial charge in [0.2, 0.25) is 0 Å². The number of nitrogens with zero attached hydrogens (tertiary/aromatic N) is 2. The van der Waals surface area contributed by atoms with E-state index in [1.807, 2.05) is 53.8 Å². The number of benzene rings is 1. The molecule has 104 valence electrons. The highest BCUT2D eigenvalue weighted by atomic mass is 32.2. The van der Waals surface area contributed by atoms with Crippen molar-refractivity contribution in [3.8, 4) is 0 Å². The van der Waals surface area contributed by atoms with Crippen LogP contribution in [0.4, 0.5) is 5.69 Å². The zero-order valence-electron chi connectivity index (χ0n) is 11.4.